The fourth-order valence-electron chi connectivity index (χ4n) is 1.57. The predicted molar refractivity (Wildman–Crippen MR) is 79.9 cm³/mol. The van der Waals surface area contributed by atoms with Gasteiger partial charge in [0.2, 0.25) is 5.13 Å². The third-order valence-electron chi connectivity index (χ3n) is 2.47. The summed E-state index contributed by atoms with van der Waals surface area (Å²) in [6, 6.07) is 0. The van der Waals surface area contributed by atoms with Crippen LogP contribution >= 0.6 is 22.7 Å². The number of thiazole rings is 1. The molecule has 1 N–H and O–H groups in total. The van der Waals surface area contributed by atoms with Crippen molar-refractivity contribution in [1.82, 2.24) is 15.2 Å². The van der Waals surface area contributed by atoms with Gasteiger partial charge >= 0.3 is 0 Å². The van der Waals surface area contributed by atoms with Crippen LogP contribution in [-0.4, -0.2) is 28.8 Å². The first-order valence-electron chi connectivity index (χ1n) is 6.33. The summed E-state index contributed by atoms with van der Waals surface area (Å²) in [6.45, 7) is 5.67. The minimum Gasteiger partial charge on any atom is -0.378 e. The Kier molecular flexibility index (Phi) is 5.24. The third-order valence-corrected chi connectivity index (χ3v) is 4.75. The van der Waals surface area contributed by atoms with Crippen LogP contribution in [0.2, 0.25) is 0 Å². The number of nitrogens with zero attached hydrogens (tertiary/aromatic N) is 3. The summed E-state index contributed by atoms with van der Waals surface area (Å²) < 4.78 is 5.20. The van der Waals surface area contributed by atoms with Crippen molar-refractivity contribution in [1.29, 1.82) is 0 Å². The molecule has 0 aromatic carbocycles. The Labute approximate surface area is 121 Å². The van der Waals surface area contributed by atoms with Gasteiger partial charge in [-0.25, -0.2) is 4.98 Å². The summed E-state index contributed by atoms with van der Waals surface area (Å²) >= 11 is 3.25. The van der Waals surface area contributed by atoms with Crippen LogP contribution < -0.4 is 5.32 Å². The molecule has 7 heteroatoms. The maximum absolute atomic E-state index is 5.20. The number of aromatic nitrogens is 3. The SMILES string of the molecule is CCCNc1nnc(-c2sc(CC)nc2COC)s1. The van der Waals surface area contributed by atoms with E-state index in [9.17, 15) is 0 Å². The van der Waals surface area contributed by atoms with Crippen LogP contribution in [0.3, 0.4) is 0 Å². The summed E-state index contributed by atoms with van der Waals surface area (Å²) in [4.78, 5) is 5.66. The van der Waals surface area contributed by atoms with Crippen LogP contribution in [0.4, 0.5) is 5.13 Å². The largest absolute Gasteiger partial charge is 0.378 e. The zero-order valence-electron chi connectivity index (χ0n) is 11.4. The smallest absolute Gasteiger partial charge is 0.206 e. The van der Waals surface area contributed by atoms with Gasteiger partial charge in [-0.3, -0.25) is 0 Å². The van der Waals surface area contributed by atoms with Crippen molar-refractivity contribution in [2.24, 2.45) is 0 Å². The maximum atomic E-state index is 5.20. The zero-order valence-corrected chi connectivity index (χ0v) is 13.0. The molecule has 0 bridgehead atoms. The molecule has 2 aromatic rings. The van der Waals surface area contributed by atoms with E-state index in [1.54, 1.807) is 29.8 Å². The molecule has 0 unspecified atom stereocenters. The molecular weight excluding hydrogens is 280 g/mol. The number of hydrogen-bond acceptors (Lipinski definition) is 7. The van der Waals surface area contributed by atoms with E-state index in [0.717, 1.165) is 45.1 Å². The first-order valence-corrected chi connectivity index (χ1v) is 7.97. The van der Waals surface area contributed by atoms with Crippen LogP contribution in [0.1, 0.15) is 31.0 Å². The summed E-state index contributed by atoms with van der Waals surface area (Å²) in [5.74, 6) is 0. The molecule has 0 atom stereocenters. The van der Waals surface area contributed by atoms with Gasteiger partial charge in [0, 0.05) is 13.7 Å². The fourth-order valence-corrected chi connectivity index (χ4v) is 3.44. The van der Waals surface area contributed by atoms with Crippen LogP contribution in [0, 0.1) is 0 Å². The second kappa shape index (κ2) is 6.93. The van der Waals surface area contributed by atoms with Gasteiger partial charge in [-0.15, -0.1) is 21.5 Å². The third kappa shape index (κ3) is 3.49. The molecule has 0 aliphatic heterocycles. The van der Waals surface area contributed by atoms with Crippen LogP contribution in [0.15, 0.2) is 0 Å². The average Bonchev–Trinajstić information content (AvgIpc) is 3.03. The Morgan fingerprint density at radius 2 is 2.05 bits per heavy atom. The van der Waals surface area contributed by atoms with Crippen LogP contribution in [0.5, 0.6) is 0 Å². The van der Waals surface area contributed by atoms with Gasteiger partial charge in [-0.1, -0.05) is 25.2 Å². The molecule has 0 radical (unpaired) electrons. The van der Waals surface area contributed by atoms with Gasteiger partial charge < -0.3 is 10.1 Å². The lowest BCUT2D eigenvalue weighted by molar-refractivity contribution is 0.182. The molecule has 0 saturated heterocycles. The lowest BCUT2D eigenvalue weighted by Gasteiger charge is -1.97. The van der Waals surface area contributed by atoms with E-state index in [1.165, 1.54) is 0 Å². The molecule has 0 amide bonds. The van der Waals surface area contributed by atoms with Crippen molar-refractivity contribution < 1.29 is 4.74 Å². The standard InChI is InChI=1S/C12H18N4OS2/c1-4-6-13-12-16-15-11(19-12)10-8(7-17-3)14-9(5-2)18-10/h4-7H2,1-3H3,(H,13,16). The minimum atomic E-state index is 0.517. The number of aryl methyl sites for hydroxylation is 1. The Bertz CT molecular complexity index is 524. The van der Waals surface area contributed by atoms with Crippen molar-refractivity contribution in [2.45, 2.75) is 33.3 Å². The molecule has 0 aliphatic rings. The highest BCUT2D eigenvalue weighted by Gasteiger charge is 2.16. The highest BCUT2D eigenvalue weighted by Crippen LogP contribution is 2.34. The Morgan fingerprint density at radius 1 is 1.21 bits per heavy atom. The summed E-state index contributed by atoms with van der Waals surface area (Å²) in [5, 5.41) is 14.6. The number of ether oxygens (including phenoxy) is 1. The zero-order chi connectivity index (χ0) is 13.7. The summed E-state index contributed by atoms with van der Waals surface area (Å²) in [7, 11) is 1.68. The van der Waals surface area contributed by atoms with Gasteiger partial charge in [0.05, 0.1) is 22.2 Å². The number of nitrogens with one attached hydrogen (secondary N) is 1. The number of rotatable bonds is 7. The van der Waals surface area contributed by atoms with Gasteiger partial charge in [0.1, 0.15) is 0 Å². The Hall–Kier alpha value is -1.05. The first kappa shape index (κ1) is 14.4. The van der Waals surface area contributed by atoms with Gasteiger partial charge in [-0.05, 0) is 12.8 Å². The molecule has 0 spiro atoms. The van der Waals surface area contributed by atoms with Crippen LogP contribution in [0.25, 0.3) is 9.88 Å². The van der Waals surface area contributed by atoms with E-state index in [0.29, 0.717) is 6.61 Å². The van der Waals surface area contributed by atoms with Crippen LogP contribution in [-0.2, 0) is 17.8 Å². The molecule has 2 aromatic heterocycles. The molecular formula is C12H18N4OS2. The van der Waals surface area contributed by atoms with Crippen molar-refractivity contribution in [3.8, 4) is 9.88 Å². The normalized spacial score (nSPS) is 10.9. The highest BCUT2D eigenvalue weighted by atomic mass is 32.1. The number of anilines is 1. The first-order chi connectivity index (χ1) is 9.28. The predicted octanol–water partition coefficient (Wildman–Crippen LogP) is 3.19. The van der Waals surface area contributed by atoms with E-state index in [1.807, 2.05) is 0 Å². The molecule has 2 rings (SSSR count). The quantitative estimate of drug-likeness (QED) is 0.850. The van der Waals surface area contributed by atoms with Gasteiger partial charge in [0.15, 0.2) is 5.01 Å². The van der Waals surface area contributed by atoms with Gasteiger partial charge in [0.25, 0.3) is 0 Å². The summed E-state index contributed by atoms with van der Waals surface area (Å²) in [6.07, 6.45) is 2.01. The lowest BCUT2D eigenvalue weighted by Crippen LogP contribution is -1.98. The van der Waals surface area contributed by atoms with Crippen molar-refractivity contribution in [3.63, 3.8) is 0 Å². The molecule has 0 aliphatic carbocycles. The van der Waals surface area contributed by atoms with Crippen molar-refractivity contribution in [3.05, 3.63) is 10.7 Å². The van der Waals surface area contributed by atoms with Crippen molar-refractivity contribution in [2.75, 3.05) is 19.0 Å². The molecule has 104 valence electrons. The van der Waals surface area contributed by atoms with Crippen molar-refractivity contribution >= 4 is 27.8 Å². The van der Waals surface area contributed by atoms with E-state index in [4.69, 9.17) is 4.74 Å². The van der Waals surface area contributed by atoms with E-state index >= 15 is 0 Å². The fraction of sp³-hybridized carbons (Fsp3) is 0.583. The average molecular weight is 298 g/mol. The molecule has 2 heterocycles. The molecule has 0 fully saturated rings. The van der Waals surface area contributed by atoms with E-state index in [-0.39, 0.29) is 0 Å². The molecule has 19 heavy (non-hydrogen) atoms. The maximum Gasteiger partial charge on any atom is 0.206 e. The molecule has 5 nitrogen and oxygen atoms in total. The lowest BCUT2D eigenvalue weighted by atomic mass is 10.4. The Balaban J connectivity index is 2.24. The minimum absolute atomic E-state index is 0.517. The summed E-state index contributed by atoms with van der Waals surface area (Å²) in [5.41, 5.74) is 0.961. The molecule has 0 saturated carbocycles. The van der Waals surface area contributed by atoms with Gasteiger partial charge in [-0.2, -0.15) is 0 Å². The van der Waals surface area contributed by atoms with E-state index < -0.39 is 0 Å². The monoisotopic (exact) mass is 298 g/mol. The number of methoxy groups -OCH3 is 1. The Morgan fingerprint density at radius 3 is 2.74 bits per heavy atom. The highest BCUT2D eigenvalue weighted by molar-refractivity contribution is 7.23. The second-order valence-electron chi connectivity index (χ2n) is 4.01. The second-order valence-corrected chi connectivity index (χ2v) is 6.07. The topological polar surface area (TPSA) is 59.9 Å². The van der Waals surface area contributed by atoms with E-state index in [2.05, 4.69) is 34.3 Å². The number of hydrogen-bond donors (Lipinski definition) is 1.